The van der Waals surface area contributed by atoms with Crippen LogP contribution in [0.3, 0.4) is 0 Å². The zero-order chi connectivity index (χ0) is 12.1. The van der Waals surface area contributed by atoms with Gasteiger partial charge in [-0.05, 0) is 24.8 Å². The van der Waals surface area contributed by atoms with Gasteiger partial charge in [0, 0.05) is 31.6 Å². The molecule has 1 aromatic heterocycles. The molecule has 1 heterocycles. The SMILES string of the molecule is CSCC(C)N(C)c1cc(CN)c(Cl)cn1. The number of hydrogen-bond acceptors (Lipinski definition) is 4. The first-order valence-electron chi connectivity index (χ1n) is 5.16. The fraction of sp³-hybridized carbons (Fsp3) is 0.545. The first-order valence-corrected chi connectivity index (χ1v) is 6.93. The molecule has 1 unspecified atom stereocenters. The van der Waals surface area contributed by atoms with Crippen molar-refractivity contribution in [2.24, 2.45) is 5.73 Å². The Hall–Kier alpha value is -0.450. The summed E-state index contributed by atoms with van der Waals surface area (Å²) >= 11 is 7.80. The van der Waals surface area contributed by atoms with E-state index in [2.05, 4.69) is 23.1 Å². The van der Waals surface area contributed by atoms with E-state index in [0.29, 0.717) is 17.6 Å². The van der Waals surface area contributed by atoms with E-state index >= 15 is 0 Å². The van der Waals surface area contributed by atoms with Gasteiger partial charge in [-0.3, -0.25) is 0 Å². The summed E-state index contributed by atoms with van der Waals surface area (Å²) < 4.78 is 0. The van der Waals surface area contributed by atoms with Crippen molar-refractivity contribution in [1.29, 1.82) is 0 Å². The van der Waals surface area contributed by atoms with Gasteiger partial charge in [-0.25, -0.2) is 4.98 Å². The van der Waals surface area contributed by atoms with Gasteiger partial charge in [0.05, 0.1) is 5.02 Å². The molecule has 0 saturated carbocycles. The van der Waals surface area contributed by atoms with E-state index in [1.807, 2.05) is 24.9 Å². The molecule has 2 N–H and O–H groups in total. The summed E-state index contributed by atoms with van der Waals surface area (Å²) in [6.45, 7) is 2.62. The molecule has 3 nitrogen and oxygen atoms in total. The molecule has 0 spiro atoms. The molecule has 90 valence electrons. The molecular weight excluding hydrogens is 242 g/mol. The van der Waals surface area contributed by atoms with Crippen LogP contribution in [-0.2, 0) is 6.54 Å². The highest BCUT2D eigenvalue weighted by atomic mass is 35.5. The van der Waals surface area contributed by atoms with E-state index in [0.717, 1.165) is 17.1 Å². The smallest absolute Gasteiger partial charge is 0.128 e. The molecule has 16 heavy (non-hydrogen) atoms. The zero-order valence-corrected chi connectivity index (χ0v) is 11.5. The number of halogens is 1. The molecule has 1 aromatic rings. The Morgan fingerprint density at radius 3 is 2.88 bits per heavy atom. The van der Waals surface area contributed by atoms with E-state index < -0.39 is 0 Å². The maximum absolute atomic E-state index is 5.98. The third-order valence-corrected chi connectivity index (χ3v) is 3.73. The molecule has 0 aliphatic carbocycles. The summed E-state index contributed by atoms with van der Waals surface area (Å²) in [4.78, 5) is 6.46. The van der Waals surface area contributed by atoms with Crippen LogP contribution in [0.1, 0.15) is 12.5 Å². The summed E-state index contributed by atoms with van der Waals surface area (Å²) in [6, 6.07) is 2.40. The highest BCUT2D eigenvalue weighted by Crippen LogP contribution is 2.21. The van der Waals surface area contributed by atoms with E-state index in [-0.39, 0.29) is 0 Å². The molecule has 0 aromatic carbocycles. The standard InChI is InChI=1S/C11H18ClN3S/c1-8(7-16-3)15(2)11-4-9(5-13)10(12)6-14-11/h4,6,8H,5,7,13H2,1-3H3. The quantitative estimate of drug-likeness (QED) is 0.882. The monoisotopic (exact) mass is 259 g/mol. The van der Waals surface area contributed by atoms with Crippen molar-refractivity contribution >= 4 is 29.2 Å². The van der Waals surface area contributed by atoms with Crippen LogP contribution in [0.4, 0.5) is 5.82 Å². The maximum atomic E-state index is 5.98. The Morgan fingerprint density at radius 1 is 1.62 bits per heavy atom. The average Bonchev–Trinajstić information content (AvgIpc) is 2.29. The number of nitrogens with zero attached hydrogens (tertiary/aromatic N) is 2. The van der Waals surface area contributed by atoms with Crippen LogP contribution in [0.5, 0.6) is 0 Å². The van der Waals surface area contributed by atoms with Crippen molar-refractivity contribution in [2.45, 2.75) is 19.5 Å². The predicted octanol–water partition coefficient (Wildman–Crippen LogP) is 2.38. The number of hydrogen-bond donors (Lipinski definition) is 1. The molecule has 0 fully saturated rings. The molecular formula is C11H18ClN3S. The van der Waals surface area contributed by atoms with Crippen LogP contribution in [0.15, 0.2) is 12.3 Å². The van der Waals surface area contributed by atoms with Crippen molar-refractivity contribution in [3.63, 3.8) is 0 Å². The molecule has 1 rings (SSSR count). The van der Waals surface area contributed by atoms with Gasteiger partial charge in [0.2, 0.25) is 0 Å². The fourth-order valence-electron chi connectivity index (χ4n) is 1.40. The van der Waals surface area contributed by atoms with Crippen molar-refractivity contribution in [3.05, 3.63) is 22.8 Å². The Bertz CT molecular complexity index is 346. The van der Waals surface area contributed by atoms with E-state index in [4.69, 9.17) is 17.3 Å². The Balaban J connectivity index is 2.87. The summed E-state index contributed by atoms with van der Waals surface area (Å²) in [5, 5.41) is 0.636. The highest BCUT2D eigenvalue weighted by Gasteiger charge is 2.11. The number of rotatable bonds is 5. The lowest BCUT2D eigenvalue weighted by molar-refractivity contribution is 0.752. The van der Waals surface area contributed by atoms with Crippen molar-refractivity contribution in [3.8, 4) is 0 Å². The third-order valence-electron chi connectivity index (χ3n) is 2.57. The number of nitrogens with two attached hydrogens (primary N) is 1. The number of anilines is 1. The van der Waals surface area contributed by atoms with Crippen LogP contribution in [-0.4, -0.2) is 30.1 Å². The van der Waals surface area contributed by atoms with Crippen LogP contribution < -0.4 is 10.6 Å². The molecule has 0 bridgehead atoms. The van der Waals surface area contributed by atoms with E-state index in [1.54, 1.807) is 6.20 Å². The van der Waals surface area contributed by atoms with Crippen LogP contribution in [0.2, 0.25) is 5.02 Å². The Kier molecular flexibility index (Phi) is 5.38. The van der Waals surface area contributed by atoms with Gasteiger partial charge in [0.15, 0.2) is 0 Å². The first-order chi connectivity index (χ1) is 7.60. The second kappa shape index (κ2) is 6.33. The second-order valence-electron chi connectivity index (χ2n) is 3.75. The minimum Gasteiger partial charge on any atom is -0.356 e. The van der Waals surface area contributed by atoms with Crippen LogP contribution in [0, 0.1) is 0 Å². The molecule has 0 aliphatic rings. The van der Waals surface area contributed by atoms with Gasteiger partial charge >= 0.3 is 0 Å². The molecule has 0 aliphatic heterocycles. The van der Waals surface area contributed by atoms with Crippen LogP contribution >= 0.6 is 23.4 Å². The zero-order valence-electron chi connectivity index (χ0n) is 9.90. The summed E-state index contributed by atoms with van der Waals surface area (Å²) in [6.07, 6.45) is 3.77. The van der Waals surface area contributed by atoms with Gasteiger partial charge in [-0.2, -0.15) is 11.8 Å². The van der Waals surface area contributed by atoms with Crippen molar-refractivity contribution < 1.29 is 0 Å². The molecule has 1 atom stereocenters. The largest absolute Gasteiger partial charge is 0.356 e. The van der Waals surface area contributed by atoms with Gasteiger partial charge in [0.1, 0.15) is 5.82 Å². The Labute approximate surface area is 106 Å². The first kappa shape index (κ1) is 13.6. The van der Waals surface area contributed by atoms with Gasteiger partial charge in [0.25, 0.3) is 0 Å². The fourth-order valence-corrected chi connectivity index (χ4v) is 2.28. The summed E-state index contributed by atoms with van der Waals surface area (Å²) in [5.74, 6) is 1.99. The Morgan fingerprint density at radius 2 is 2.31 bits per heavy atom. The van der Waals surface area contributed by atoms with Crippen molar-refractivity contribution in [2.75, 3.05) is 24.0 Å². The average molecular weight is 260 g/mol. The highest BCUT2D eigenvalue weighted by molar-refractivity contribution is 7.98. The van der Waals surface area contributed by atoms with E-state index in [1.165, 1.54) is 0 Å². The lowest BCUT2D eigenvalue weighted by atomic mass is 10.2. The minimum atomic E-state index is 0.439. The predicted molar refractivity (Wildman–Crippen MR) is 73.4 cm³/mol. The van der Waals surface area contributed by atoms with Gasteiger partial charge in [-0.15, -0.1) is 0 Å². The van der Waals surface area contributed by atoms with E-state index in [9.17, 15) is 0 Å². The van der Waals surface area contributed by atoms with Crippen LogP contribution in [0.25, 0.3) is 0 Å². The van der Waals surface area contributed by atoms with Crippen molar-refractivity contribution in [1.82, 2.24) is 4.98 Å². The topological polar surface area (TPSA) is 42.1 Å². The maximum Gasteiger partial charge on any atom is 0.128 e. The molecule has 5 heteroatoms. The normalized spacial score (nSPS) is 12.6. The molecule has 0 radical (unpaired) electrons. The number of aromatic nitrogens is 1. The number of thioether (sulfide) groups is 1. The lowest BCUT2D eigenvalue weighted by Gasteiger charge is -2.25. The molecule has 0 saturated heterocycles. The number of pyridine rings is 1. The molecule has 0 amide bonds. The summed E-state index contributed by atoms with van der Waals surface area (Å²) in [5.41, 5.74) is 6.56. The second-order valence-corrected chi connectivity index (χ2v) is 5.07. The third kappa shape index (κ3) is 3.27. The summed E-state index contributed by atoms with van der Waals surface area (Å²) in [7, 11) is 2.04. The van der Waals surface area contributed by atoms with Gasteiger partial charge < -0.3 is 10.6 Å². The lowest BCUT2D eigenvalue weighted by Crippen LogP contribution is -2.31. The van der Waals surface area contributed by atoms with Gasteiger partial charge in [-0.1, -0.05) is 11.6 Å². The minimum absolute atomic E-state index is 0.439.